The van der Waals surface area contributed by atoms with E-state index in [1.54, 1.807) is 0 Å². The molecule has 1 aromatic rings. The second-order valence-corrected chi connectivity index (χ2v) is 9.27. The van der Waals surface area contributed by atoms with Crippen LogP contribution in [0.4, 0.5) is 0 Å². The summed E-state index contributed by atoms with van der Waals surface area (Å²) < 4.78 is 6.56. The van der Waals surface area contributed by atoms with Crippen LogP contribution in [0.3, 0.4) is 0 Å². The molecule has 6 atom stereocenters. The van der Waals surface area contributed by atoms with Crippen molar-refractivity contribution in [3.63, 3.8) is 0 Å². The molecule has 0 N–H and O–H groups in total. The Bertz CT molecular complexity index is 832. The Kier molecular flexibility index (Phi) is 2.41. The molecule has 0 amide bonds. The first-order chi connectivity index (χ1) is 11.2. The standard InChI is InChI=1S/C22H26O2/c1-11-12(2)22(6)16-15(21(11,5)19(23)20(22,3)4)17-13-9-7-8-10-14(13)18(16)24-17/h7-10,15-18H,1-6H3/t15-,16-,17+,18+,21-,22-/m1/s1. The zero-order chi connectivity index (χ0) is 17.2. The summed E-state index contributed by atoms with van der Waals surface area (Å²) in [6, 6.07) is 8.65. The van der Waals surface area contributed by atoms with Gasteiger partial charge in [-0.1, -0.05) is 56.2 Å². The summed E-state index contributed by atoms with van der Waals surface area (Å²) in [6.07, 6.45) is 0.208. The van der Waals surface area contributed by atoms with Crippen molar-refractivity contribution in [2.45, 2.75) is 53.8 Å². The average molecular weight is 322 g/mol. The van der Waals surface area contributed by atoms with Gasteiger partial charge in [0.15, 0.2) is 0 Å². The molecule has 2 heterocycles. The van der Waals surface area contributed by atoms with Crippen molar-refractivity contribution in [3.8, 4) is 0 Å². The molecular weight excluding hydrogens is 296 g/mol. The molecule has 2 heteroatoms. The molecule has 2 fully saturated rings. The summed E-state index contributed by atoms with van der Waals surface area (Å²) in [5.41, 5.74) is 4.50. The van der Waals surface area contributed by atoms with Gasteiger partial charge < -0.3 is 4.74 Å². The SMILES string of the molecule is CC1=C(C)[C@]2(C)[C@@H]3[C@H]([C@H]4O[C@H]3c3ccccc34)[C@]1(C)C(=O)C2(C)C. The molecule has 2 aliphatic heterocycles. The molecule has 0 radical (unpaired) electrons. The first-order valence-electron chi connectivity index (χ1n) is 9.16. The fourth-order valence-electron chi connectivity index (χ4n) is 6.96. The van der Waals surface area contributed by atoms with Gasteiger partial charge >= 0.3 is 0 Å². The molecule has 24 heavy (non-hydrogen) atoms. The fourth-order valence-corrected chi connectivity index (χ4v) is 6.96. The predicted octanol–water partition coefficient (Wildman–Crippen LogP) is 5.02. The van der Waals surface area contributed by atoms with Crippen LogP contribution in [0.15, 0.2) is 35.4 Å². The van der Waals surface area contributed by atoms with Gasteiger partial charge in [-0.25, -0.2) is 0 Å². The predicted molar refractivity (Wildman–Crippen MR) is 93.4 cm³/mol. The van der Waals surface area contributed by atoms with Crippen LogP contribution in [-0.4, -0.2) is 5.78 Å². The maximum atomic E-state index is 13.6. The highest BCUT2D eigenvalue weighted by atomic mass is 16.5. The highest BCUT2D eigenvalue weighted by molar-refractivity contribution is 5.97. The Hall–Kier alpha value is -1.41. The lowest BCUT2D eigenvalue weighted by Gasteiger charge is -2.66. The van der Waals surface area contributed by atoms with E-state index in [1.807, 2.05) is 0 Å². The van der Waals surface area contributed by atoms with E-state index in [-0.39, 0.29) is 29.0 Å². The second kappa shape index (κ2) is 3.88. The van der Waals surface area contributed by atoms with Crippen LogP contribution in [0.25, 0.3) is 0 Å². The lowest BCUT2D eigenvalue weighted by atomic mass is 9.34. The summed E-state index contributed by atoms with van der Waals surface area (Å²) in [5.74, 6) is 1.07. The summed E-state index contributed by atoms with van der Waals surface area (Å²) in [4.78, 5) is 13.6. The number of rotatable bonds is 0. The molecule has 126 valence electrons. The number of carbonyl (C=O) groups is 1. The van der Waals surface area contributed by atoms with E-state index in [2.05, 4.69) is 65.8 Å². The average Bonchev–Trinajstić information content (AvgIpc) is 3.13. The van der Waals surface area contributed by atoms with Crippen LogP contribution in [0.1, 0.15) is 64.9 Å². The summed E-state index contributed by atoms with van der Waals surface area (Å²) in [5, 5.41) is 0. The molecular formula is C22H26O2. The lowest BCUT2D eigenvalue weighted by molar-refractivity contribution is -0.167. The molecule has 1 saturated carbocycles. The van der Waals surface area contributed by atoms with E-state index in [0.717, 1.165) is 0 Å². The molecule has 5 aliphatic rings. The van der Waals surface area contributed by atoms with E-state index in [0.29, 0.717) is 11.7 Å². The van der Waals surface area contributed by atoms with Crippen molar-refractivity contribution in [2.75, 3.05) is 0 Å². The van der Waals surface area contributed by atoms with E-state index >= 15 is 0 Å². The van der Waals surface area contributed by atoms with E-state index < -0.39 is 5.41 Å². The lowest BCUT2D eigenvalue weighted by Crippen LogP contribution is -2.67. The third-order valence-electron chi connectivity index (χ3n) is 8.73. The van der Waals surface area contributed by atoms with Gasteiger partial charge in [0.1, 0.15) is 5.78 Å². The van der Waals surface area contributed by atoms with Gasteiger partial charge in [-0.05, 0) is 31.9 Å². The third-order valence-corrected chi connectivity index (χ3v) is 8.73. The Morgan fingerprint density at radius 1 is 0.875 bits per heavy atom. The monoisotopic (exact) mass is 322 g/mol. The van der Waals surface area contributed by atoms with Crippen LogP contribution >= 0.6 is 0 Å². The van der Waals surface area contributed by atoms with Gasteiger partial charge in [-0.15, -0.1) is 0 Å². The number of hydrogen-bond acceptors (Lipinski definition) is 2. The highest BCUT2D eigenvalue weighted by Crippen LogP contribution is 2.78. The molecule has 6 rings (SSSR count). The minimum absolute atomic E-state index is 0.0728. The molecule has 1 saturated heterocycles. The van der Waals surface area contributed by atoms with Crippen molar-refractivity contribution in [1.82, 2.24) is 0 Å². The molecule has 0 aromatic heterocycles. The first-order valence-corrected chi connectivity index (χ1v) is 9.16. The van der Waals surface area contributed by atoms with Crippen LogP contribution in [-0.2, 0) is 9.53 Å². The van der Waals surface area contributed by atoms with E-state index in [1.165, 1.54) is 22.3 Å². The largest absolute Gasteiger partial charge is 0.365 e. The molecule has 0 spiro atoms. The van der Waals surface area contributed by atoms with Crippen LogP contribution in [0.2, 0.25) is 0 Å². The summed E-state index contributed by atoms with van der Waals surface area (Å²) in [6.45, 7) is 13.3. The zero-order valence-electron chi connectivity index (χ0n) is 15.4. The summed E-state index contributed by atoms with van der Waals surface area (Å²) >= 11 is 0. The van der Waals surface area contributed by atoms with Gasteiger partial charge in [0, 0.05) is 22.7 Å². The van der Waals surface area contributed by atoms with E-state index in [9.17, 15) is 4.79 Å². The van der Waals surface area contributed by atoms with Crippen LogP contribution in [0, 0.1) is 28.1 Å². The normalized spacial score (nSPS) is 47.2. The van der Waals surface area contributed by atoms with Crippen molar-refractivity contribution in [3.05, 3.63) is 46.5 Å². The Morgan fingerprint density at radius 3 is 2.00 bits per heavy atom. The molecule has 2 nitrogen and oxygen atoms in total. The van der Waals surface area contributed by atoms with Crippen molar-refractivity contribution >= 4 is 5.78 Å². The zero-order valence-corrected chi connectivity index (χ0v) is 15.4. The number of fused-ring (bicyclic) bond motifs is 6. The minimum Gasteiger partial charge on any atom is -0.365 e. The first kappa shape index (κ1) is 14.9. The summed E-state index contributed by atoms with van der Waals surface area (Å²) in [7, 11) is 0. The van der Waals surface area contributed by atoms with Crippen molar-refractivity contribution in [1.29, 1.82) is 0 Å². The third kappa shape index (κ3) is 1.16. The Balaban J connectivity index is 1.85. The van der Waals surface area contributed by atoms with Crippen LogP contribution in [0.5, 0.6) is 0 Å². The second-order valence-electron chi connectivity index (χ2n) is 9.27. The Morgan fingerprint density at radius 2 is 1.42 bits per heavy atom. The number of ketones is 1. The molecule has 1 aromatic carbocycles. The highest BCUT2D eigenvalue weighted by Gasteiger charge is 2.76. The van der Waals surface area contributed by atoms with Gasteiger partial charge in [-0.3, -0.25) is 4.79 Å². The van der Waals surface area contributed by atoms with Crippen LogP contribution < -0.4 is 0 Å². The topological polar surface area (TPSA) is 26.3 Å². The smallest absolute Gasteiger partial charge is 0.149 e. The van der Waals surface area contributed by atoms with Gasteiger partial charge in [0.05, 0.1) is 17.6 Å². The quantitative estimate of drug-likeness (QED) is 0.627. The number of ether oxygens (including phenoxy) is 1. The van der Waals surface area contributed by atoms with Gasteiger partial charge in [-0.2, -0.15) is 0 Å². The maximum Gasteiger partial charge on any atom is 0.149 e. The fraction of sp³-hybridized carbons (Fsp3) is 0.591. The number of Topliss-reactive ketones (excluding diaryl/α,β-unsaturated/α-hetero) is 1. The molecule has 0 unspecified atom stereocenters. The molecule has 4 bridgehead atoms. The Labute approximate surface area is 144 Å². The number of carbonyl (C=O) groups excluding carboxylic acids is 1. The van der Waals surface area contributed by atoms with E-state index in [4.69, 9.17) is 4.74 Å². The van der Waals surface area contributed by atoms with Gasteiger partial charge in [0.25, 0.3) is 0 Å². The number of hydrogen-bond donors (Lipinski definition) is 0. The van der Waals surface area contributed by atoms with Crippen molar-refractivity contribution < 1.29 is 9.53 Å². The minimum atomic E-state index is -0.400. The number of allylic oxidation sites excluding steroid dienone is 2. The number of benzene rings is 1. The van der Waals surface area contributed by atoms with Gasteiger partial charge in [0.2, 0.25) is 0 Å². The molecule has 3 aliphatic carbocycles. The maximum absolute atomic E-state index is 13.6. The van der Waals surface area contributed by atoms with Crippen molar-refractivity contribution in [2.24, 2.45) is 28.1 Å².